The van der Waals surface area contributed by atoms with Gasteiger partial charge in [0.05, 0.1) is 22.3 Å². The lowest BCUT2D eigenvalue weighted by atomic mass is 10.2. The average Bonchev–Trinajstić information content (AvgIpc) is 2.65. The summed E-state index contributed by atoms with van der Waals surface area (Å²) in [6.07, 6.45) is 1.28. The fourth-order valence-corrected chi connectivity index (χ4v) is 5.29. The van der Waals surface area contributed by atoms with Crippen molar-refractivity contribution in [3.8, 4) is 0 Å². The highest BCUT2D eigenvalue weighted by Gasteiger charge is 2.39. The molecule has 18 heavy (non-hydrogen) atoms. The van der Waals surface area contributed by atoms with Gasteiger partial charge in [-0.2, -0.15) is 11.8 Å². The molecule has 1 aromatic carbocycles. The molecule has 6 heteroatoms. The first-order valence-corrected chi connectivity index (χ1v) is 8.62. The molecule has 2 rings (SSSR count). The molecule has 1 aromatic rings. The highest BCUT2D eigenvalue weighted by Crippen LogP contribution is 2.26. The molecule has 1 aliphatic heterocycles. The lowest BCUT2D eigenvalue weighted by molar-refractivity contribution is 0.0366. The number of thioether (sulfide) groups is 1. The van der Waals surface area contributed by atoms with Crippen LogP contribution in [0, 0.1) is 0 Å². The summed E-state index contributed by atoms with van der Waals surface area (Å²) >= 11 is 1.42. The molecule has 0 spiro atoms. The summed E-state index contributed by atoms with van der Waals surface area (Å²) in [4.78, 5) is 11.8. The Morgan fingerprint density at radius 1 is 1.28 bits per heavy atom. The summed E-state index contributed by atoms with van der Waals surface area (Å²) in [5, 5.41) is -0.164. The number of rotatable bonds is 3. The van der Waals surface area contributed by atoms with Crippen molar-refractivity contribution in [1.82, 2.24) is 0 Å². The summed E-state index contributed by atoms with van der Waals surface area (Å²) in [6, 6.07) is 8.60. The van der Waals surface area contributed by atoms with Gasteiger partial charge in [0.25, 0.3) is 0 Å². The van der Waals surface area contributed by atoms with Gasteiger partial charge in [-0.15, -0.1) is 0 Å². The number of esters is 1. The minimum absolute atomic E-state index is 0.0723. The molecular formula is C12H14O4S2. The molecule has 0 saturated carbocycles. The van der Waals surface area contributed by atoms with Crippen molar-refractivity contribution in [2.24, 2.45) is 0 Å². The van der Waals surface area contributed by atoms with Crippen LogP contribution < -0.4 is 0 Å². The van der Waals surface area contributed by atoms with Crippen LogP contribution in [0.15, 0.2) is 30.3 Å². The van der Waals surface area contributed by atoms with Gasteiger partial charge in [-0.1, -0.05) is 18.2 Å². The zero-order valence-corrected chi connectivity index (χ0v) is 11.5. The summed E-state index contributed by atoms with van der Waals surface area (Å²) in [5.74, 6) is -0.449. The molecule has 0 aliphatic carbocycles. The van der Waals surface area contributed by atoms with Crippen LogP contribution in [-0.4, -0.2) is 43.5 Å². The van der Waals surface area contributed by atoms with Crippen LogP contribution in [0.3, 0.4) is 0 Å². The number of sulfone groups is 1. The van der Waals surface area contributed by atoms with E-state index in [4.69, 9.17) is 4.74 Å². The van der Waals surface area contributed by atoms with Gasteiger partial charge < -0.3 is 4.74 Å². The largest absolute Gasteiger partial charge is 0.456 e. The zero-order valence-electron chi connectivity index (χ0n) is 9.91. The van der Waals surface area contributed by atoms with Crippen molar-refractivity contribution >= 4 is 27.6 Å². The van der Waals surface area contributed by atoms with Crippen LogP contribution in [0.2, 0.25) is 0 Å². The van der Waals surface area contributed by atoms with Crippen molar-refractivity contribution in [3.63, 3.8) is 0 Å². The summed E-state index contributed by atoms with van der Waals surface area (Å²) in [6.45, 7) is 0. The number of carbonyl (C=O) groups excluding carboxylic acids is 1. The van der Waals surface area contributed by atoms with Gasteiger partial charge in [0.2, 0.25) is 0 Å². The number of hydrogen-bond acceptors (Lipinski definition) is 5. The minimum Gasteiger partial charge on any atom is -0.456 e. The SMILES string of the molecule is CS[C@H]1CS(=O)(=O)C[C@@H]1OC(=O)c1ccccc1. The number of carbonyl (C=O) groups is 1. The Morgan fingerprint density at radius 2 is 1.94 bits per heavy atom. The van der Waals surface area contributed by atoms with Gasteiger partial charge in [-0.05, 0) is 18.4 Å². The first-order valence-electron chi connectivity index (χ1n) is 5.51. The van der Waals surface area contributed by atoms with E-state index in [2.05, 4.69) is 0 Å². The third-order valence-corrected chi connectivity index (χ3v) is 5.81. The molecule has 0 amide bonds. The molecule has 2 atom stereocenters. The van der Waals surface area contributed by atoms with Gasteiger partial charge in [0.1, 0.15) is 6.10 Å². The first-order chi connectivity index (χ1) is 8.52. The minimum atomic E-state index is -3.08. The molecular weight excluding hydrogens is 272 g/mol. The Balaban J connectivity index is 2.08. The van der Waals surface area contributed by atoms with E-state index in [1.54, 1.807) is 24.3 Å². The first kappa shape index (κ1) is 13.4. The van der Waals surface area contributed by atoms with Crippen molar-refractivity contribution in [1.29, 1.82) is 0 Å². The van der Waals surface area contributed by atoms with E-state index in [9.17, 15) is 13.2 Å². The second-order valence-electron chi connectivity index (χ2n) is 4.16. The van der Waals surface area contributed by atoms with Gasteiger partial charge in [0, 0.05) is 0 Å². The Labute approximate surface area is 111 Å². The van der Waals surface area contributed by atoms with Crippen molar-refractivity contribution in [2.75, 3.05) is 17.8 Å². The highest BCUT2D eigenvalue weighted by atomic mass is 32.2. The zero-order chi connectivity index (χ0) is 13.2. The van der Waals surface area contributed by atoms with E-state index in [0.717, 1.165) is 0 Å². The third-order valence-electron chi connectivity index (χ3n) is 2.82. The molecule has 1 fully saturated rings. The molecule has 0 unspecified atom stereocenters. The normalized spacial score (nSPS) is 25.8. The number of hydrogen-bond donors (Lipinski definition) is 0. The van der Waals surface area contributed by atoms with E-state index in [1.807, 2.05) is 12.3 Å². The van der Waals surface area contributed by atoms with Crippen LogP contribution in [0.4, 0.5) is 0 Å². The number of ether oxygens (including phenoxy) is 1. The van der Waals surface area contributed by atoms with E-state index in [-0.39, 0.29) is 16.8 Å². The van der Waals surface area contributed by atoms with Gasteiger partial charge in [-0.3, -0.25) is 0 Å². The van der Waals surface area contributed by atoms with Gasteiger partial charge >= 0.3 is 5.97 Å². The lowest BCUT2D eigenvalue weighted by Gasteiger charge is -2.16. The van der Waals surface area contributed by atoms with Gasteiger partial charge in [-0.25, -0.2) is 13.2 Å². The molecule has 0 radical (unpaired) electrons. The van der Waals surface area contributed by atoms with Crippen LogP contribution in [0.25, 0.3) is 0 Å². The third kappa shape index (κ3) is 3.05. The monoisotopic (exact) mass is 286 g/mol. The Bertz CT molecular complexity index is 524. The Morgan fingerprint density at radius 3 is 2.56 bits per heavy atom. The molecule has 1 aliphatic rings. The second-order valence-corrected chi connectivity index (χ2v) is 7.39. The predicted octanol–water partition coefficient (Wildman–Crippen LogP) is 1.37. The van der Waals surface area contributed by atoms with E-state index in [1.165, 1.54) is 11.8 Å². The fourth-order valence-electron chi connectivity index (χ4n) is 1.89. The molecule has 0 N–H and O–H groups in total. The van der Waals surface area contributed by atoms with Crippen LogP contribution in [-0.2, 0) is 14.6 Å². The molecule has 1 heterocycles. The lowest BCUT2D eigenvalue weighted by Crippen LogP contribution is -2.27. The van der Waals surface area contributed by atoms with Crippen LogP contribution >= 0.6 is 11.8 Å². The van der Waals surface area contributed by atoms with Gasteiger partial charge in [0.15, 0.2) is 9.84 Å². The van der Waals surface area contributed by atoms with E-state index < -0.39 is 21.9 Å². The second kappa shape index (κ2) is 5.32. The average molecular weight is 286 g/mol. The maximum atomic E-state index is 11.8. The van der Waals surface area contributed by atoms with Crippen molar-refractivity contribution in [3.05, 3.63) is 35.9 Å². The maximum Gasteiger partial charge on any atom is 0.338 e. The summed E-state index contributed by atoms with van der Waals surface area (Å²) in [7, 11) is -3.08. The maximum absolute atomic E-state index is 11.8. The summed E-state index contributed by atoms with van der Waals surface area (Å²) in [5.41, 5.74) is 0.446. The van der Waals surface area contributed by atoms with E-state index in [0.29, 0.717) is 5.56 Å². The number of benzene rings is 1. The van der Waals surface area contributed by atoms with E-state index >= 15 is 0 Å². The molecule has 4 nitrogen and oxygen atoms in total. The summed E-state index contributed by atoms with van der Waals surface area (Å²) < 4.78 is 28.3. The molecule has 98 valence electrons. The van der Waals surface area contributed by atoms with Crippen LogP contribution in [0.5, 0.6) is 0 Å². The fraction of sp³-hybridized carbons (Fsp3) is 0.417. The van der Waals surface area contributed by atoms with Crippen molar-refractivity contribution < 1.29 is 17.9 Å². The Kier molecular flexibility index (Phi) is 3.97. The molecule has 0 bridgehead atoms. The standard InChI is InChI=1S/C12H14O4S2/c1-17-11-8-18(14,15)7-10(11)16-12(13)9-5-3-2-4-6-9/h2-6,10-11H,7-8H2,1H3/t10-,11-/m0/s1. The highest BCUT2D eigenvalue weighted by molar-refractivity contribution is 8.01. The van der Waals surface area contributed by atoms with Crippen molar-refractivity contribution in [2.45, 2.75) is 11.4 Å². The molecule has 1 saturated heterocycles. The molecule has 0 aromatic heterocycles. The Hall–Kier alpha value is -1.01. The van der Waals surface area contributed by atoms with Crippen LogP contribution in [0.1, 0.15) is 10.4 Å². The predicted molar refractivity (Wildman–Crippen MR) is 71.6 cm³/mol. The quantitative estimate of drug-likeness (QED) is 0.785. The smallest absolute Gasteiger partial charge is 0.338 e. The topological polar surface area (TPSA) is 60.4 Å².